The van der Waals surface area contributed by atoms with Gasteiger partial charge in [-0.15, -0.1) is 0 Å². The van der Waals surface area contributed by atoms with E-state index in [2.05, 4.69) is 47.8 Å². The first-order valence-electron chi connectivity index (χ1n) is 9.24. The van der Waals surface area contributed by atoms with Crippen LogP contribution in [0, 0.1) is 11.8 Å². The predicted molar refractivity (Wildman–Crippen MR) is 95.4 cm³/mol. The normalized spacial score (nSPS) is 26.2. The fraction of sp³-hybridized carbons (Fsp3) is 0.944. The molecule has 22 heavy (non-hydrogen) atoms. The van der Waals surface area contributed by atoms with E-state index in [1.807, 2.05) is 7.05 Å². The predicted octanol–water partition coefficient (Wildman–Crippen LogP) is 2.80. The summed E-state index contributed by atoms with van der Waals surface area (Å²) in [5.41, 5.74) is 0. The third-order valence-corrected chi connectivity index (χ3v) is 5.47. The summed E-state index contributed by atoms with van der Waals surface area (Å²) in [5, 5.41) is 3.60. The molecule has 128 valence electrons. The van der Waals surface area contributed by atoms with Gasteiger partial charge in [0.05, 0.1) is 0 Å². The Morgan fingerprint density at radius 1 is 1.09 bits per heavy atom. The fourth-order valence-electron chi connectivity index (χ4n) is 4.32. The van der Waals surface area contributed by atoms with Crippen molar-refractivity contribution < 1.29 is 0 Å². The van der Waals surface area contributed by atoms with Gasteiger partial charge in [0.15, 0.2) is 5.96 Å². The highest BCUT2D eigenvalue weighted by Crippen LogP contribution is 2.35. The Balaban J connectivity index is 1.80. The van der Waals surface area contributed by atoms with E-state index in [0.29, 0.717) is 12.1 Å². The van der Waals surface area contributed by atoms with Gasteiger partial charge >= 0.3 is 0 Å². The van der Waals surface area contributed by atoms with Crippen LogP contribution < -0.4 is 5.32 Å². The lowest BCUT2D eigenvalue weighted by atomic mass is 9.82. The molecule has 0 aromatic carbocycles. The molecule has 1 heterocycles. The molecule has 1 aliphatic carbocycles. The van der Waals surface area contributed by atoms with Gasteiger partial charge in [-0.1, -0.05) is 12.8 Å². The van der Waals surface area contributed by atoms with Crippen molar-refractivity contribution in [2.75, 3.05) is 33.2 Å². The zero-order valence-corrected chi connectivity index (χ0v) is 15.3. The quantitative estimate of drug-likeness (QED) is 0.626. The summed E-state index contributed by atoms with van der Waals surface area (Å²) >= 11 is 0. The molecular weight excluding hydrogens is 272 g/mol. The molecule has 0 aromatic rings. The van der Waals surface area contributed by atoms with E-state index in [1.54, 1.807) is 0 Å². The van der Waals surface area contributed by atoms with Crippen LogP contribution in [0.5, 0.6) is 0 Å². The van der Waals surface area contributed by atoms with Crippen LogP contribution in [0.3, 0.4) is 0 Å². The first-order valence-corrected chi connectivity index (χ1v) is 9.24. The lowest BCUT2D eigenvalue weighted by Crippen LogP contribution is -2.46. The topological polar surface area (TPSA) is 30.9 Å². The van der Waals surface area contributed by atoms with Crippen LogP contribution in [0.4, 0.5) is 0 Å². The van der Waals surface area contributed by atoms with Crippen LogP contribution in [-0.2, 0) is 0 Å². The maximum atomic E-state index is 4.53. The molecule has 0 aromatic heterocycles. The van der Waals surface area contributed by atoms with Gasteiger partial charge in [-0.25, -0.2) is 0 Å². The smallest absolute Gasteiger partial charge is 0.193 e. The second-order valence-corrected chi connectivity index (χ2v) is 7.61. The highest BCUT2D eigenvalue weighted by Gasteiger charge is 2.35. The number of fused-ring (bicyclic) bond motifs is 1. The average molecular weight is 309 g/mol. The van der Waals surface area contributed by atoms with Crippen molar-refractivity contribution in [3.8, 4) is 0 Å². The van der Waals surface area contributed by atoms with Gasteiger partial charge in [-0.2, -0.15) is 0 Å². The number of hydrogen-bond acceptors (Lipinski definition) is 2. The summed E-state index contributed by atoms with van der Waals surface area (Å²) < 4.78 is 0. The number of hydrogen-bond donors (Lipinski definition) is 1. The van der Waals surface area contributed by atoms with Crippen molar-refractivity contribution in [1.29, 1.82) is 0 Å². The van der Waals surface area contributed by atoms with Gasteiger partial charge in [-0.05, 0) is 52.4 Å². The molecule has 0 bridgehead atoms. The maximum absolute atomic E-state index is 4.53. The molecule has 1 N–H and O–H groups in total. The zero-order valence-electron chi connectivity index (χ0n) is 15.3. The molecule has 2 rings (SSSR count). The molecule has 0 spiro atoms. The van der Waals surface area contributed by atoms with E-state index in [1.165, 1.54) is 38.8 Å². The van der Waals surface area contributed by atoms with Crippen LogP contribution in [0.1, 0.15) is 53.4 Å². The molecular formula is C18H36N4. The summed E-state index contributed by atoms with van der Waals surface area (Å²) in [7, 11) is 1.92. The molecule has 4 nitrogen and oxygen atoms in total. The van der Waals surface area contributed by atoms with Crippen LogP contribution in [0.15, 0.2) is 4.99 Å². The molecule has 1 saturated heterocycles. The van der Waals surface area contributed by atoms with E-state index < -0.39 is 0 Å². The summed E-state index contributed by atoms with van der Waals surface area (Å²) in [6, 6.07) is 1.19. The number of guanidine groups is 1. The van der Waals surface area contributed by atoms with Crippen molar-refractivity contribution in [3.05, 3.63) is 0 Å². The van der Waals surface area contributed by atoms with Crippen LogP contribution >= 0.6 is 0 Å². The average Bonchev–Trinajstić information content (AvgIpc) is 2.90. The molecule has 2 unspecified atom stereocenters. The first kappa shape index (κ1) is 17.6. The molecule has 2 atom stereocenters. The fourth-order valence-corrected chi connectivity index (χ4v) is 4.32. The molecule has 2 fully saturated rings. The van der Waals surface area contributed by atoms with Gasteiger partial charge in [-0.3, -0.25) is 9.89 Å². The minimum Gasteiger partial charge on any atom is -0.355 e. The van der Waals surface area contributed by atoms with Gasteiger partial charge in [0.25, 0.3) is 0 Å². The summed E-state index contributed by atoms with van der Waals surface area (Å²) in [4.78, 5) is 9.56. The second-order valence-electron chi connectivity index (χ2n) is 7.61. The largest absolute Gasteiger partial charge is 0.355 e. The number of aliphatic imine (C=N–C) groups is 1. The van der Waals surface area contributed by atoms with Crippen molar-refractivity contribution in [2.45, 2.75) is 65.5 Å². The number of nitrogens with zero attached hydrogens (tertiary/aromatic N) is 3. The highest BCUT2D eigenvalue weighted by atomic mass is 15.3. The lowest BCUT2D eigenvalue weighted by molar-refractivity contribution is 0.178. The van der Waals surface area contributed by atoms with E-state index in [-0.39, 0.29) is 0 Å². The number of likely N-dealkylation sites (tertiary alicyclic amines) is 1. The molecule has 0 radical (unpaired) electrons. The standard InChI is InChI=1S/C18H36N4/c1-14(2)22(15(3)4)11-10-20-18(19-5)21-12-16-8-6-7-9-17(16)13-21/h14-17H,6-13H2,1-5H3,(H,19,20). The monoisotopic (exact) mass is 308 g/mol. The van der Waals surface area contributed by atoms with Crippen molar-refractivity contribution >= 4 is 5.96 Å². The van der Waals surface area contributed by atoms with Crippen LogP contribution in [0.25, 0.3) is 0 Å². The van der Waals surface area contributed by atoms with E-state index >= 15 is 0 Å². The van der Waals surface area contributed by atoms with Gasteiger partial charge in [0.1, 0.15) is 0 Å². The Labute approximate surface area is 137 Å². The van der Waals surface area contributed by atoms with Crippen molar-refractivity contribution in [3.63, 3.8) is 0 Å². The minimum atomic E-state index is 0.596. The maximum Gasteiger partial charge on any atom is 0.193 e. The van der Waals surface area contributed by atoms with Crippen LogP contribution in [-0.4, -0.2) is 61.1 Å². The van der Waals surface area contributed by atoms with Gasteiger partial charge in [0.2, 0.25) is 0 Å². The lowest BCUT2D eigenvalue weighted by Gasteiger charge is -2.31. The Bertz CT molecular complexity index is 342. The Kier molecular flexibility index (Phi) is 6.54. The van der Waals surface area contributed by atoms with E-state index in [4.69, 9.17) is 0 Å². The molecule has 0 amide bonds. The van der Waals surface area contributed by atoms with E-state index in [0.717, 1.165) is 30.9 Å². The Morgan fingerprint density at radius 2 is 1.64 bits per heavy atom. The summed E-state index contributed by atoms with van der Waals surface area (Å²) in [6.07, 6.45) is 5.71. The molecule has 2 aliphatic rings. The van der Waals surface area contributed by atoms with E-state index in [9.17, 15) is 0 Å². The molecule has 1 saturated carbocycles. The second kappa shape index (κ2) is 8.19. The van der Waals surface area contributed by atoms with Gasteiger partial charge in [0, 0.05) is 45.3 Å². The minimum absolute atomic E-state index is 0.596. The van der Waals surface area contributed by atoms with Crippen LogP contribution in [0.2, 0.25) is 0 Å². The van der Waals surface area contributed by atoms with Gasteiger partial charge < -0.3 is 10.2 Å². The third-order valence-electron chi connectivity index (χ3n) is 5.47. The third kappa shape index (κ3) is 4.37. The molecule has 4 heteroatoms. The van der Waals surface area contributed by atoms with Crippen molar-refractivity contribution in [1.82, 2.24) is 15.1 Å². The first-order chi connectivity index (χ1) is 10.5. The Morgan fingerprint density at radius 3 is 2.09 bits per heavy atom. The summed E-state index contributed by atoms with van der Waals surface area (Å²) in [6.45, 7) is 13.6. The van der Waals surface area contributed by atoms with Crippen molar-refractivity contribution in [2.24, 2.45) is 16.8 Å². The summed E-state index contributed by atoms with van der Waals surface area (Å²) in [5.74, 6) is 2.94. The SMILES string of the molecule is CN=C(NCCN(C(C)C)C(C)C)N1CC2CCCCC2C1. The highest BCUT2D eigenvalue weighted by molar-refractivity contribution is 5.80. The number of rotatable bonds is 5. The number of nitrogens with one attached hydrogen (secondary N) is 1. The molecule has 1 aliphatic heterocycles. The Hall–Kier alpha value is -0.770. The zero-order chi connectivity index (χ0) is 16.1.